The van der Waals surface area contributed by atoms with Crippen LogP contribution >= 0.6 is 0 Å². The van der Waals surface area contributed by atoms with Crippen LogP contribution in [0.1, 0.15) is 0 Å². The van der Waals surface area contributed by atoms with E-state index in [4.69, 9.17) is 5.73 Å². The van der Waals surface area contributed by atoms with Crippen molar-refractivity contribution in [2.75, 3.05) is 19.6 Å². The highest BCUT2D eigenvalue weighted by molar-refractivity contribution is 7.89. The lowest BCUT2D eigenvalue weighted by Crippen LogP contribution is -2.52. The average Bonchev–Trinajstić information content (AvgIpc) is 2.53. The predicted molar refractivity (Wildman–Crippen MR) is 49.9 cm³/mol. The molecule has 0 radical (unpaired) electrons. The highest BCUT2D eigenvalue weighted by Crippen LogP contribution is 2.21. The van der Waals surface area contributed by atoms with Crippen molar-refractivity contribution >= 4 is 10.0 Å². The molecule has 0 amide bonds. The number of aromatic amines is 1. The minimum Gasteiger partial charge on any atom is -0.334 e. The van der Waals surface area contributed by atoms with Gasteiger partial charge in [-0.25, -0.2) is 13.4 Å². The van der Waals surface area contributed by atoms with E-state index in [1.807, 2.05) is 0 Å². The van der Waals surface area contributed by atoms with Crippen LogP contribution in [0.5, 0.6) is 0 Å². The fraction of sp³-hybridized carbons (Fsp3) is 0.571. The number of aromatic nitrogens is 2. The quantitative estimate of drug-likeness (QED) is 0.677. The lowest BCUT2D eigenvalue weighted by molar-refractivity contribution is 0.206. The Kier molecular flexibility index (Phi) is 2.30. The largest absolute Gasteiger partial charge is 0.334 e. The van der Waals surface area contributed by atoms with E-state index in [1.54, 1.807) is 0 Å². The van der Waals surface area contributed by atoms with Crippen LogP contribution in [0.25, 0.3) is 0 Å². The summed E-state index contributed by atoms with van der Waals surface area (Å²) in [5.74, 6) is 0.291. The molecule has 6 nitrogen and oxygen atoms in total. The molecular formula is C7H12N4O2S. The minimum atomic E-state index is -3.39. The summed E-state index contributed by atoms with van der Waals surface area (Å²) < 4.78 is 24.8. The summed E-state index contributed by atoms with van der Waals surface area (Å²) >= 11 is 0. The zero-order valence-corrected chi connectivity index (χ0v) is 8.37. The average molecular weight is 216 g/mol. The molecule has 0 spiro atoms. The Labute approximate surface area is 82.2 Å². The van der Waals surface area contributed by atoms with E-state index >= 15 is 0 Å². The molecule has 78 valence electrons. The molecule has 7 heteroatoms. The number of sulfonamides is 1. The van der Waals surface area contributed by atoms with Crippen LogP contribution in [-0.4, -0.2) is 42.3 Å². The highest BCUT2D eigenvalue weighted by atomic mass is 32.2. The molecule has 1 aliphatic heterocycles. The molecule has 1 fully saturated rings. The van der Waals surface area contributed by atoms with E-state index in [2.05, 4.69) is 9.97 Å². The van der Waals surface area contributed by atoms with Crippen LogP contribution < -0.4 is 5.73 Å². The molecule has 2 rings (SSSR count). The molecule has 1 aromatic rings. The molecule has 0 aromatic carbocycles. The van der Waals surface area contributed by atoms with Gasteiger partial charge in [0.25, 0.3) is 10.0 Å². The SMILES string of the molecule is NCC1CN(S(=O)(=O)c2ncc[nH]2)C1. The minimum absolute atomic E-state index is 0.00738. The number of nitrogens with two attached hydrogens (primary N) is 1. The van der Waals surface area contributed by atoms with Crippen LogP contribution in [-0.2, 0) is 10.0 Å². The summed E-state index contributed by atoms with van der Waals surface area (Å²) in [6.45, 7) is 1.53. The fourth-order valence-corrected chi connectivity index (χ4v) is 2.85. The maximum atomic E-state index is 11.7. The van der Waals surface area contributed by atoms with Crippen LogP contribution in [0, 0.1) is 5.92 Å². The van der Waals surface area contributed by atoms with Gasteiger partial charge in [-0.15, -0.1) is 0 Å². The third kappa shape index (κ3) is 1.43. The Hall–Kier alpha value is -0.920. The number of nitrogens with zero attached hydrogens (tertiary/aromatic N) is 2. The van der Waals surface area contributed by atoms with E-state index in [0.717, 1.165) is 0 Å². The number of hydrogen-bond donors (Lipinski definition) is 2. The van der Waals surface area contributed by atoms with Crippen molar-refractivity contribution in [2.45, 2.75) is 5.16 Å². The van der Waals surface area contributed by atoms with Crippen molar-refractivity contribution in [3.63, 3.8) is 0 Å². The van der Waals surface area contributed by atoms with Crippen LogP contribution in [0.4, 0.5) is 0 Å². The normalized spacial score (nSPS) is 19.5. The van der Waals surface area contributed by atoms with Crippen LogP contribution in [0.15, 0.2) is 17.6 Å². The summed E-state index contributed by atoms with van der Waals surface area (Å²) in [7, 11) is -3.39. The molecule has 0 aliphatic carbocycles. The van der Waals surface area contributed by atoms with E-state index in [-0.39, 0.29) is 5.16 Å². The van der Waals surface area contributed by atoms with E-state index in [1.165, 1.54) is 16.7 Å². The van der Waals surface area contributed by atoms with Crippen molar-refractivity contribution in [1.82, 2.24) is 14.3 Å². The Morgan fingerprint density at radius 3 is 2.86 bits per heavy atom. The second-order valence-electron chi connectivity index (χ2n) is 3.32. The summed E-state index contributed by atoms with van der Waals surface area (Å²) in [5, 5.41) is 0.00738. The first-order valence-electron chi connectivity index (χ1n) is 4.34. The molecule has 1 aliphatic rings. The van der Waals surface area contributed by atoms with Gasteiger partial charge in [-0.1, -0.05) is 0 Å². The summed E-state index contributed by atoms with van der Waals surface area (Å²) in [6.07, 6.45) is 2.92. The van der Waals surface area contributed by atoms with Crippen LogP contribution in [0.3, 0.4) is 0 Å². The lowest BCUT2D eigenvalue weighted by atomic mass is 10.0. The van der Waals surface area contributed by atoms with Gasteiger partial charge < -0.3 is 10.7 Å². The van der Waals surface area contributed by atoms with Gasteiger partial charge >= 0.3 is 0 Å². The second kappa shape index (κ2) is 3.34. The van der Waals surface area contributed by atoms with Crippen LogP contribution in [0.2, 0.25) is 0 Å². The topological polar surface area (TPSA) is 92.1 Å². The molecule has 14 heavy (non-hydrogen) atoms. The molecule has 2 heterocycles. The van der Waals surface area contributed by atoms with Gasteiger partial charge in [0, 0.05) is 25.5 Å². The molecule has 3 N–H and O–H groups in total. The Morgan fingerprint density at radius 1 is 1.64 bits per heavy atom. The van der Waals surface area contributed by atoms with E-state index in [0.29, 0.717) is 25.6 Å². The van der Waals surface area contributed by atoms with Gasteiger partial charge in [0.05, 0.1) is 0 Å². The molecule has 0 atom stereocenters. The van der Waals surface area contributed by atoms with Gasteiger partial charge in [-0.05, 0) is 12.5 Å². The molecule has 1 aromatic heterocycles. The fourth-order valence-electron chi connectivity index (χ4n) is 1.38. The first-order chi connectivity index (χ1) is 6.64. The highest BCUT2D eigenvalue weighted by Gasteiger charge is 2.37. The van der Waals surface area contributed by atoms with E-state index < -0.39 is 10.0 Å². The Balaban J connectivity index is 2.12. The summed E-state index contributed by atoms with van der Waals surface area (Å²) in [6, 6.07) is 0. The molecule has 1 saturated heterocycles. The first kappa shape index (κ1) is 9.63. The number of nitrogens with one attached hydrogen (secondary N) is 1. The Bertz CT molecular complexity index is 393. The van der Waals surface area contributed by atoms with Gasteiger partial charge in [0.15, 0.2) is 0 Å². The van der Waals surface area contributed by atoms with Crippen molar-refractivity contribution in [3.8, 4) is 0 Å². The van der Waals surface area contributed by atoms with Gasteiger partial charge in [0.1, 0.15) is 0 Å². The maximum absolute atomic E-state index is 11.7. The molecule has 0 bridgehead atoms. The first-order valence-corrected chi connectivity index (χ1v) is 5.78. The molecule has 0 unspecified atom stereocenters. The van der Waals surface area contributed by atoms with Crippen molar-refractivity contribution in [3.05, 3.63) is 12.4 Å². The standard InChI is InChI=1S/C7H12N4O2S/c8-3-6-4-11(5-6)14(12,13)7-9-1-2-10-7/h1-2,6H,3-5,8H2,(H,9,10). The number of H-pyrrole nitrogens is 1. The summed E-state index contributed by atoms with van der Waals surface area (Å²) in [4.78, 5) is 6.31. The number of imidazole rings is 1. The van der Waals surface area contributed by atoms with Gasteiger partial charge in [-0.2, -0.15) is 4.31 Å². The van der Waals surface area contributed by atoms with E-state index in [9.17, 15) is 8.42 Å². The summed E-state index contributed by atoms with van der Waals surface area (Å²) in [5.41, 5.74) is 5.41. The zero-order chi connectivity index (χ0) is 10.2. The smallest absolute Gasteiger partial charge is 0.276 e. The Morgan fingerprint density at radius 2 is 2.36 bits per heavy atom. The predicted octanol–water partition coefficient (Wildman–Crippen LogP) is -1.01. The van der Waals surface area contributed by atoms with Crippen molar-refractivity contribution < 1.29 is 8.42 Å². The molecule has 0 saturated carbocycles. The number of hydrogen-bond acceptors (Lipinski definition) is 4. The lowest BCUT2D eigenvalue weighted by Gasteiger charge is -2.36. The monoisotopic (exact) mass is 216 g/mol. The second-order valence-corrected chi connectivity index (χ2v) is 5.17. The zero-order valence-electron chi connectivity index (χ0n) is 7.55. The van der Waals surface area contributed by atoms with Gasteiger partial charge in [-0.3, -0.25) is 0 Å². The third-order valence-electron chi connectivity index (χ3n) is 2.31. The van der Waals surface area contributed by atoms with Crippen molar-refractivity contribution in [2.24, 2.45) is 11.7 Å². The number of rotatable bonds is 3. The maximum Gasteiger partial charge on any atom is 0.276 e. The van der Waals surface area contributed by atoms with Crippen molar-refractivity contribution in [1.29, 1.82) is 0 Å². The van der Waals surface area contributed by atoms with Gasteiger partial charge in [0.2, 0.25) is 5.16 Å². The molecular weight excluding hydrogens is 204 g/mol. The third-order valence-corrected chi connectivity index (χ3v) is 4.00.